The summed E-state index contributed by atoms with van der Waals surface area (Å²) in [6.07, 6.45) is 4.68. The summed E-state index contributed by atoms with van der Waals surface area (Å²) in [7, 11) is 0. The number of amidine groups is 1. The van der Waals surface area contributed by atoms with E-state index in [-0.39, 0.29) is 24.3 Å². The quantitative estimate of drug-likeness (QED) is 0.530. The van der Waals surface area contributed by atoms with E-state index in [0.717, 1.165) is 18.7 Å². The van der Waals surface area contributed by atoms with Crippen LogP contribution in [0.3, 0.4) is 0 Å². The van der Waals surface area contributed by atoms with Gasteiger partial charge in [-0.05, 0) is 49.2 Å². The number of nitrogens with two attached hydrogens (primary N) is 1. The molecular formula is C25H26FN7O2. The molecule has 1 aromatic carbocycles. The van der Waals surface area contributed by atoms with Gasteiger partial charge in [0.1, 0.15) is 30.6 Å². The fraction of sp³-hybridized carbons (Fsp3) is 0.280. The van der Waals surface area contributed by atoms with Gasteiger partial charge in [0.05, 0.1) is 17.3 Å². The van der Waals surface area contributed by atoms with Crippen molar-refractivity contribution in [2.24, 2.45) is 10.7 Å². The molecule has 2 aliphatic heterocycles. The fourth-order valence-corrected chi connectivity index (χ4v) is 4.48. The van der Waals surface area contributed by atoms with E-state index < -0.39 is 5.82 Å². The second-order valence-corrected chi connectivity index (χ2v) is 8.43. The molecule has 2 aliphatic rings. The van der Waals surface area contributed by atoms with Crippen LogP contribution in [0.15, 0.2) is 60.2 Å². The van der Waals surface area contributed by atoms with Crippen molar-refractivity contribution < 1.29 is 13.9 Å². The molecular weight excluding hydrogens is 449 g/mol. The number of ether oxygens (including phenoxy) is 1. The van der Waals surface area contributed by atoms with E-state index in [2.05, 4.69) is 21.9 Å². The van der Waals surface area contributed by atoms with Gasteiger partial charge < -0.3 is 20.7 Å². The molecule has 10 heteroatoms. The standard InChI is InChI=1S/C25H26FN7O2/c1-2-21(34)32-11-5-7-18(13-32)33-25-22(24(27)29-15-30-25)23(31-33)16-8-9-20(19(26)12-16)35-14-17-6-3-4-10-28-17/h2-4,6,8-10,12,18,30H,1,5,7,11,13-15H2,(H2,27,29)/t18-/m1/s1. The Morgan fingerprint density at radius 3 is 3.00 bits per heavy atom. The van der Waals surface area contributed by atoms with Crippen LogP contribution in [-0.4, -0.2) is 51.2 Å². The monoisotopic (exact) mass is 475 g/mol. The molecule has 4 heterocycles. The van der Waals surface area contributed by atoms with Crippen LogP contribution in [0.25, 0.3) is 11.3 Å². The van der Waals surface area contributed by atoms with E-state index in [1.54, 1.807) is 23.2 Å². The topological polar surface area (TPSA) is 111 Å². The average molecular weight is 476 g/mol. The molecule has 1 fully saturated rings. The SMILES string of the molecule is C=CC(=O)N1CCC[C@@H](n2nc(-c3ccc(OCc4ccccn4)c(F)c3)c3c2NCN=C3N)C1. The van der Waals surface area contributed by atoms with Crippen LogP contribution in [0.4, 0.5) is 10.2 Å². The van der Waals surface area contributed by atoms with Gasteiger partial charge in [-0.15, -0.1) is 0 Å². The minimum absolute atomic E-state index is 0.0561. The molecule has 3 aromatic rings. The summed E-state index contributed by atoms with van der Waals surface area (Å²) in [6, 6.07) is 10.1. The molecule has 180 valence electrons. The lowest BCUT2D eigenvalue weighted by Gasteiger charge is -2.33. The summed E-state index contributed by atoms with van der Waals surface area (Å²) in [5.74, 6) is 0.570. The molecule has 3 N–H and O–H groups in total. The summed E-state index contributed by atoms with van der Waals surface area (Å²) in [5.41, 5.74) is 8.67. The highest BCUT2D eigenvalue weighted by Gasteiger charge is 2.31. The maximum absolute atomic E-state index is 15.0. The number of hydrogen-bond donors (Lipinski definition) is 2. The summed E-state index contributed by atoms with van der Waals surface area (Å²) in [5, 5.41) is 8.09. The third kappa shape index (κ3) is 4.46. The number of hydrogen-bond acceptors (Lipinski definition) is 7. The van der Waals surface area contributed by atoms with Crippen LogP contribution in [0.5, 0.6) is 5.75 Å². The van der Waals surface area contributed by atoms with Crippen molar-refractivity contribution >= 4 is 17.6 Å². The summed E-state index contributed by atoms with van der Waals surface area (Å²) in [4.78, 5) is 22.4. The van der Waals surface area contributed by atoms with Crippen molar-refractivity contribution in [1.29, 1.82) is 0 Å². The molecule has 1 amide bonds. The molecule has 0 aliphatic carbocycles. The van der Waals surface area contributed by atoms with Gasteiger partial charge in [-0.3, -0.25) is 9.78 Å². The largest absolute Gasteiger partial charge is 0.484 e. The zero-order chi connectivity index (χ0) is 24.4. The molecule has 2 aromatic heterocycles. The first-order valence-corrected chi connectivity index (χ1v) is 11.5. The van der Waals surface area contributed by atoms with Crippen LogP contribution in [0.2, 0.25) is 0 Å². The van der Waals surface area contributed by atoms with Gasteiger partial charge in [0, 0.05) is 24.8 Å². The lowest BCUT2D eigenvalue weighted by molar-refractivity contribution is -0.127. The Morgan fingerprint density at radius 1 is 1.34 bits per heavy atom. The van der Waals surface area contributed by atoms with Crippen molar-refractivity contribution in [1.82, 2.24) is 19.7 Å². The number of pyridine rings is 1. The van der Waals surface area contributed by atoms with Gasteiger partial charge in [0.25, 0.3) is 0 Å². The molecule has 0 bridgehead atoms. The van der Waals surface area contributed by atoms with Crippen molar-refractivity contribution in [3.8, 4) is 17.0 Å². The van der Waals surface area contributed by atoms with Crippen LogP contribution in [0.1, 0.15) is 30.1 Å². The van der Waals surface area contributed by atoms with E-state index in [1.807, 2.05) is 22.9 Å². The fourth-order valence-electron chi connectivity index (χ4n) is 4.48. The Morgan fingerprint density at radius 2 is 2.23 bits per heavy atom. The van der Waals surface area contributed by atoms with E-state index in [9.17, 15) is 9.18 Å². The van der Waals surface area contributed by atoms with Crippen LogP contribution >= 0.6 is 0 Å². The molecule has 0 saturated carbocycles. The lowest BCUT2D eigenvalue weighted by atomic mass is 10.0. The number of rotatable bonds is 6. The highest BCUT2D eigenvalue weighted by atomic mass is 19.1. The Labute approximate surface area is 202 Å². The molecule has 35 heavy (non-hydrogen) atoms. The number of amides is 1. The van der Waals surface area contributed by atoms with Gasteiger partial charge in [-0.1, -0.05) is 12.6 Å². The van der Waals surface area contributed by atoms with Crippen molar-refractivity contribution in [2.45, 2.75) is 25.5 Å². The van der Waals surface area contributed by atoms with Gasteiger partial charge in [-0.25, -0.2) is 14.1 Å². The first kappa shape index (κ1) is 22.6. The number of nitrogens with one attached hydrogen (secondary N) is 1. The maximum Gasteiger partial charge on any atom is 0.246 e. The average Bonchev–Trinajstić information content (AvgIpc) is 3.29. The predicted molar refractivity (Wildman–Crippen MR) is 130 cm³/mol. The minimum Gasteiger partial charge on any atom is -0.484 e. The third-order valence-corrected chi connectivity index (χ3v) is 6.20. The number of nitrogens with zero attached hydrogens (tertiary/aromatic N) is 5. The van der Waals surface area contributed by atoms with Crippen molar-refractivity contribution in [2.75, 3.05) is 25.1 Å². The zero-order valence-electron chi connectivity index (χ0n) is 19.2. The van der Waals surface area contributed by atoms with Gasteiger partial charge in [-0.2, -0.15) is 5.10 Å². The number of fused-ring (bicyclic) bond motifs is 1. The second kappa shape index (κ2) is 9.57. The van der Waals surface area contributed by atoms with E-state index in [1.165, 1.54) is 12.1 Å². The number of anilines is 1. The Bertz CT molecular complexity index is 1290. The van der Waals surface area contributed by atoms with Crippen molar-refractivity contribution in [3.05, 3.63) is 72.3 Å². The summed E-state index contributed by atoms with van der Waals surface area (Å²) < 4.78 is 22.5. The molecule has 1 atom stereocenters. The molecule has 5 rings (SSSR count). The highest BCUT2D eigenvalue weighted by molar-refractivity contribution is 6.08. The molecule has 0 spiro atoms. The van der Waals surface area contributed by atoms with E-state index >= 15 is 0 Å². The van der Waals surface area contributed by atoms with Gasteiger partial charge in [0.2, 0.25) is 5.91 Å². The number of carbonyl (C=O) groups excluding carboxylic acids is 1. The van der Waals surface area contributed by atoms with Crippen LogP contribution in [-0.2, 0) is 11.4 Å². The Balaban J connectivity index is 1.46. The number of piperidine rings is 1. The first-order chi connectivity index (χ1) is 17.0. The molecule has 0 unspecified atom stereocenters. The van der Waals surface area contributed by atoms with Crippen LogP contribution < -0.4 is 15.8 Å². The normalized spacial score (nSPS) is 17.2. The predicted octanol–water partition coefficient (Wildman–Crippen LogP) is 3.10. The molecule has 0 radical (unpaired) electrons. The molecule has 1 saturated heterocycles. The summed E-state index contributed by atoms with van der Waals surface area (Å²) >= 11 is 0. The van der Waals surface area contributed by atoms with Crippen LogP contribution in [0, 0.1) is 5.82 Å². The van der Waals surface area contributed by atoms with Crippen molar-refractivity contribution in [3.63, 3.8) is 0 Å². The Hall–Kier alpha value is -4.21. The number of halogens is 1. The lowest BCUT2D eigenvalue weighted by Crippen LogP contribution is -2.40. The summed E-state index contributed by atoms with van der Waals surface area (Å²) in [6.45, 7) is 5.26. The highest BCUT2D eigenvalue weighted by Crippen LogP contribution is 2.36. The molecule has 9 nitrogen and oxygen atoms in total. The van der Waals surface area contributed by atoms with Gasteiger partial charge in [0.15, 0.2) is 11.6 Å². The van der Waals surface area contributed by atoms with E-state index in [0.29, 0.717) is 48.1 Å². The Kier molecular flexibility index (Phi) is 6.17. The number of aromatic nitrogens is 3. The van der Waals surface area contributed by atoms with Gasteiger partial charge >= 0.3 is 0 Å². The van der Waals surface area contributed by atoms with E-state index in [4.69, 9.17) is 15.6 Å². The maximum atomic E-state index is 15.0. The minimum atomic E-state index is -0.513. The first-order valence-electron chi connectivity index (χ1n) is 11.5. The zero-order valence-corrected chi connectivity index (χ0v) is 19.2. The number of likely N-dealkylation sites (tertiary alicyclic amines) is 1. The second-order valence-electron chi connectivity index (χ2n) is 8.43. The number of aliphatic imine (C=N–C) groups is 1. The number of carbonyl (C=O) groups is 1. The third-order valence-electron chi connectivity index (χ3n) is 6.20. The smallest absolute Gasteiger partial charge is 0.246 e. The number of benzene rings is 1.